The van der Waals surface area contributed by atoms with Crippen LogP contribution in [0.25, 0.3) is 0 Å². The number of hydrogen-bond donors (Lipinski definition) is 0. The first kappa shape index (κ1) is 5.72. The number of rotatable bonds is 0. The largest absolute Gasteiger partial charge is 0.303 e. The topological polar surface area (TPSA) is 3.24 Å². The van der Waals surface area contributed by atoms with Gasteiger partial charge in [0.05, 0.1) is 0 Å². The van der Waals surface area contributed by atoms with Gasteiger partial charge in [0.2, 0.25) is 0 Å². The molecule has 0 aromatic rings. The highest BCUT2D eigenvalue weighted by Gasteiger charge is 2.29. The summed E-state index contributed by atoms with van der Waals surface area (Å²) in [5, 5.41) is 0. The van der Waals surface area contributed by atoms with Gasteiger partial charge >= 0.3 is 0 Å². The van der Waals surface area contributed by atoms with Crippen LogP contribution in [-0.4, -0.2) is 24.5 Å². The lowest BCUT2D eigenvalue weighted by atomic mass is 9.93. The number of piperidine rings is 1. The van der Waals surface area contributed by atoms with Gasteiger partial charge in [-0.2, -0.15) is 0 Å². The second-order valence-electron chi connectivity index (χ2n) is 3.76. The van der Waals surface area contributed by atoms with Gasteiger partial charge in [-0.3, -0.25) is 0 Å². The monoisotopic (exact) mass is 125 g/mol. The molecule has 0 radical (unpaired) electrons. The van der Waals surface area contributed by atoms with E-state index >= 15 is 0 Å². The van der Waals surface area contributed by atoms with Crippen molar-refractivity contribution in [3.63, 3.8) is 0 Å². The van der Waals surface area contributed by atoms with Crippen LogP contribution in [0.3, 0.4) is 0 Å². The molecule has 3 atom stereocenters. The van der Waals surface area contributed by atoms with Crippen LogP contribution in [0.1, 0.15) is 19.8 Å². The van der Waals surface area contributed by atoms with E-state index < -0.39 is 0 Å². The summed E-state index contributed by atoms with van der Waals surface area (Å²) in [7, 11) is 0. The Hall–Kier alpha value is -0.0400. The Labute approximate surface area is 57.0 Å². The van der Waals surface area contributed by atoms with E-state index in [-0.39, 0.29) is 0 Å². The molecule has 0 aliphatic carbocycles. The van der Waals surface area contributed by atoms with E-state index in [0.717, 1.165) is 11.8 Å². The average Bonchev–Trinajstić information content (AvgIpc) is 2.11. The first-order chi connectivity index (χ1) is 4.34. The molecule has 2 bridgehead atoms. The molecule has 2 unspecified atom stereocenters. The van der Waals surface area contributed by atoms with Crippen LogP contribution in [0, 0.1) is 11.8 Å². The summed E-state index contributed by atoms with van der Waals surface area (Å²) < 4.78 is 0. The third kappa shape index (κ3) is 0.983. The highest BCUT2D eigenvalue weighted by molar-refractivity contribution is 4.83. The predicted molar refractivity (Wildman–Crippen MR) is 38.3 cm³/mol. The molecule has 0 amide bonds. The predicted octanol–water partition coefficient (Wildman–Crippen LogP) is 1.35. The number of hydrogen-bond acceptors (Lipinski definition) is 1. The average molecular weight is 125 g/mol. The van der Waals surface area contributed by atoms with Crippen molar-refractivity contribution in [1.29, 1.82) is 0 Å². The Morgan fingerprint density at radius 1 is 1.33 bits per heavy atom. The van der Waals surface area contributed by atoms with Crippen molar-refractivity contribution in [2.75, 3.05) is 19.6 Å². The Morgan fingerprint density at radius 3 is 3.00 bits per heavy atom. The zero-order valence-corrected chi connectivity index (χ0v) is 6.14. The van der Waals surface area contributed by atoms with Crippen molar-refractivity contribution < 1.29 is 0 Å². The van der Waals surface area contributed by atoms with Crippen LogP contribution in [-0.2, 0) is 0 Å². The van der Waals surface area contributed by atoms with E-state index in [9.17, 15) is 0 Å². The Bertz CT molecular complexity index is 99.1. The maximum absolute atomic E-state index is 2.61. The summed E-state index contributed by atoms with van der Waals surface area (Å²) in [5.74, 6) is 2.04. The SMILES string of the molecule is C[C@@H]1CC2CCN(C2)C1. The van der Waals surface area contributed by atoms with Gasteiger partial charge in [0.25, 0.3) is 0 Å². The molecule has 2 aliphatic rings. The first-order valence-electron chi connectivity index (χ1n) is 4.07. The van der Waals surface area contributed by atoms with E-state index in [4.69, 9.17) is 0 Å². The van der Waals surface area contributed by atoms with Gasteiger partial charge < -0.3 is 4.90 Å². The first-order valence-corrected chi connectivity index (χ1v) is 4.07. The molecule has 0 aromatic heterocycles. The molecule has 0 N–H and O–H groups in total. The molecule has 2 saturated heterocycles. The van der Waals surface area contributed by atoms with Crippen LogP contribution in [0.2, 0.25) is 0 Å². The Balaban J connectivity index is 2.03. The molecule has 2 aliphatic heterocycles. The summed E-state index contributed by atoms with van der Waals surface area (Å²) >= 11 is 0. The molecular weight excluding hydrogens is 110 g/mol. The minimum Gasteiger partial charge on any atom is -0.303 e. The molecule has 9 heavy (non-hydrogen) atoms. The summed E-state index contributed by atoms with van der Waals surface area (Å²) in [6, 6.07) is 0. The maximum atomic E-state index is 2.61. The summed E-state index contributed by atoms with van der Waals surface area (Å²) in [4.78, 5) is 2.61. The molecule has 52 valence electrons. The van der Waals surface area contributed by atoms with Crippen molar-refractivity contribution in [1.82, 2.24) is 4.90 Å². The Kier molecular flexibility index (Phi) is 1.26. The second kappa shape index (κ2) is 1.98. The molecule has 0 aromatic carbocycles. The minimum atomic E-state index is 0.978. The van der Waals surface area contributed by atoms with Crippen molar-refractivity contribution >= 4 is 0 Å². The van der Waals surface area contributed by atoms with Gasteiger partial charge in [0.15, 0.2) is 0 Å². The van der Waals surface area contributed by atoms with Crippen LogP contribution < -0.4 is 0 Å². The van der Waals surface area contributed by atoms with E-state index in [2.05, 4.69) is 11.8 Å². The lowest BCUT2D eigenvalue weighted by Crippen LogP contribution is -2.31. The van der Waals surface area contributed by atoms with Gasteiger partial charge in [-0.15, -0.1) is 0 Å². The van der Waals surface area contributed by atoms with E-state index in [1.807, 2.05) is 0 Å². The van der Waals surface area contributed by atoms with E-state index in [0.29, 0.717) is 0 Å². The fourth-order valence-electron chi connectivity index (χ4n) is 2.36. The van der Waals surface area contributed by atoms with Crippen LogP contribution in [0.4, 0.5) is 0 Å². The maximum Gasteiger partial charge on any atom is 0.00104 e. The fraction of sp³-hybridized carbons (Fsp3) is 1.00. The molecular formula is C8H15N. The van der Waals surface area contributed by atoms with Gasteiger partial charge in [-0.05, 0) is 31.2 Å². The molecule has 0 spiro atoms. The van der Waals surface area contributed by atoms with Gasteiger partial charge in [0.1, 0.15) is 0 Å². The quantitative estimate of drug-likeness (QED) is 0.472. The third-order valence-electron chi connectivity index (χ3n) is 2.68. The third-order valence-corrected chi connectivity index (χ3v) is 2.68. The Morgan fingerprint density at radius 2 is 2.22 bits per heavy atom. The lowest BCUT2D eigenvalue weighted by molar-refractivity contribution is 0.213. The highest BCUT2D eigenvalue weighted by atomic mass is 15.2. The fourth-order valence-corrected chi connectivity index (χ4v) is 2.36. The standard InChI is InChI=1S/C8H15N/c1-7-4-8-2-3-9(5-7)6-8/h7-8H,2-6H2,1H3/t7-,8?/m1/s1. The van der Waals surface area contributed by atoms with Gasteiger partial charge in [0, 0.05) is 13.1 Å². The zero-order chi connectivity index (χ0) is 6.27. The summed E-state index contributed by atoms with van der Waals surface area (Å²) in [6.45, 7) is 6.54. The second-order valence-corrected chi connectivity index (χ2v) is 3.76. The van der Waals surface area contributed by atoms with Gasteiger partial charge in [-0.1, -0.05) is 6.92 Å². The van der Waals surface area contributed by atoms with Crippen molar-refractivity contribution in [3.05, 3.63) is 0 Å². The van der Waals surface area contributed by atoms with Crippen molar-refractivity contribution in [3.8, 4) is 0 Å². The molecule has 1 nitrogen and oxygen atoms in total. The lowest BCUT2D eigenvalue weighted by Gasteiger charge is -2.26. The normalized spacial score (nSPS) is 49.7. The van der Waals surface area contributed by atoms with Crippen LogP contribution in [0.15, 0.2) is 0 Å². The number of nitrogens with zero attached hydrogens (tertiary/aromatic N) is 1. The summed E-state index contributed by atoms with van der Waals surface area (Å²) in [6.07, 6.45) is 2.97. The molecule has 2 rings (SSSR count). The summed E-state index contributed by atoms with van der Waals surface area (Å²) in [5.41, 5.74) is 0. The minimum absolute atomic E-state index is 0.978. The van der Waals surface area contributed by atoms with Crippen LogP contribution in [0.5, 0.6) is 0 Å². The van der Waals surface area contributed by atoms with E-state index in [1.54, 1.807) is 0 Å². The molecule has 2 heterocycles. The van der Waals surface area contributed by atoms with Crippen LogP contribution >= 0.6 is 0 Å². The zero-order valence-electron chi connectivity index (χ0n) is 6.14. The molecule has 1 heteroatoms. The smallest absolute Gasteiger partial charge is 0.00104 e. The molecule has 0 saturated carbocycles. The molecule has 2 fully saturated rings. The van der Waals surface area contributed by atoms with E-state index in [1.165, 1.54) is 32.5 Å². The number of fused-ring (bicyclic) bond motifs is 2. The van der Waals surface area contributed by atoms with Gasteiger partial charge in [-0.25, -0.2) is 0 Å². The van der Waals surface area contributed by atoms with Crippen molar-refractivity contribution in [2.45, 2.75) is 19.8 Å². The highest BCUT2D eigenvalue weighted by Crippen LogP contribution is 2.29. The van der Waals surface area contributed by atoms with Crippen molar-refractivity contribution in [2.24, 2.45) is 11.8 Å².